The number of rotatable bonds is 2. The molecule has 2 heterocycles. The highest BCUT2D eigenvalue weighted by Gasteiger charge is 2.19. The zero-order chi connectivity index (χ0) is 11.5. The Morgan fingerprint density at radius 3 is 2.81 bits per heavy atom. The Morgan fingerprint density at radius 2 is 2.19 bits per heavy atom. The molecule has 0 atom stereocenters. The molecule has 5 heteroatoms. The Hall–Kier alpha value is -1.00. The Bertz CT molecular complexity index is 364. The minimum atomic E-state index is 0.215. The summed E-state index contributed by atoms with van der Waals surface area (Å²) < 4.78 is 5.77. The highest BCUT2D eigenvalue weighted by atomic mass is 35.5. The van der Waals surface area contributed by atoms with Gasteiger partial charge in [-0.25, -0.2) is 4.98 Å². The molecule has 0 radical (unpaired) electrons. The third kappa shape index (κ3) is 2.77. The van der Waals surface area contributed by atoms with Gasteiger partial charge in [-0.15, -0.1) is 0 Å². The highest BCUT2D eigenvalue weighted by molar-refractivity contribution is 6.30. The molecule has 4 nitrogen and oxygen atoms in total. The maximum atomic E-state index is 5.78. The first kappa shape index (κ1) is 11.5. The monoisotopic (exact) mass is 241 g/mol. The van der Waals surface area contributed by atoms with Crippen molar-refractivity contribution in [3.8, 4) is 5.88 Å². The van der Waals surface area contributed by atoms with E-state index in [1.165, 1.54) is 0 Å². The van der Waals surface area contributed by atoms with Crippen LogP contribution in [-0.2, 0) is 0 Å². The second-order valence-corrected chi connectivity index (χ2v) is 4.60. The van der Waals surface area contributed by atoms with Crippen molar-refractivity contribution in [3.05, 3.63) is 17.3 Å². The summed E-state index contributed by atoms with van der Waals surface area (Å²) in [5.41, 5.74) is 6.29. The number of ether oxygens (including phenoxy) is 1. The van der Waals surface area contributed by atoms with Gasteiger partial charge in [0.2, 0.25) is 5.88 Å². The zero-order valence-electron chi connectivity index (χ0n) is 9.32. The maximum Gasteiger partial charge on any atom is 0.237 e. The Kier molecular flexibility index (Phi) is 3.51. The van der Waals surface area contributed by atoms with Crippen molar-refractivity contribution in [2.75, 3.05) is 25.9 Å². The summed E-state index contributed by atoms with van der Waals surface area (Å²) in [6.45, 7) is 2.11. The van der Waals surface area contributed by atoms with Gasteiger partial charge in [-0.2, -0.15) is 0 Å². The summed E-state index contributed by atoms with van der Waals surface area (Å²) in [5.74, 6) is 0.499. The molecule has 0 unspecified atom stereocenters. The van der Waals surface area contributed by atoms with E-state index in [0.29, 0.717) is 16.6 Å². The molecule has 0 aliphatic carbocycles. The molecule has 1 fully saturated rings. The van der Waals surface area contributed by atoms with Crippen LogP contribution >= 0.6 is 11.6 Å². The van der Waals surface area contributed by atoms with E-state index in [1.54, 1.807) is 12.3 Å². The van der Waals surface area contributed by atoms with Crippen LogP contribution in [0.25, 0.3) is 0 Å². The van der Waals surface area contributed by atoms with Crippen LogP contribution < -0.4 is 10.5 Å². The molecule has 0 aromatic carbocycles. The van der Waals surface area contributed by atoms with Crippen LogP contribution in [0.5, 0.6) is 5.88 Å². The predicted molar refractivity (Wildman–Crippen MR) is 64.8 cm³/mol. The lowest BCUT2D eigenvalue weighted by atomic mass is 10.1. The standard InChI is InChI=1S/C11H16ClN3O/c1-15-4-2-9(3-5-15)16-11-10(13)6-8(12)7-14-11/h6-7,9H,2-5,13H2,1H3. The van der Waals surface area contributed by atoms with Gasteiger partial charge in [0, 0.05) is 19.3 Å². The van der Waals surface area contributed by atoms with Crippen molar-refractivity contribution in [1.82, 2.24) is 9.88 Å². The minimum absolute atomic E-state index is 0.215. The van der Waals surface area contributed by atoms with E-state index in [9.17, 15) is 0 Å². The van der Waals surface area contributed by atoms with Crippen LogP contribution in [0.4, 0.5) is 5.69 Å². The molecule has 1 aromatic heterocycles. The van der Waals surface area contributed by atoms with Gasteiger partial charge >= 0.3 is 0 Å². The fourth-order valence-electron chi connectivity index (χ4n) is 1.80. The predicted octanol–water partition coefficient (Wildman–Crippen LogP) is 1.79. The fourth-order valence-corrected chi connectivity index (χ4v) is 1.97. The third-order valence-corrected chi connectivity index (χ3v) is 3.00. The smallest absolute Gasteiger partial charge is 0.237 e. The number of hydrogen-bond acceptors (Lipinski definition) is 4. The summed E-state index contributed by atoms with van der Waals surface area (Å²) in [5, 5.41) is 0.535. The van der Waals surface area contributed by atoms with Crippen LogP contribution in [0.2, 0.25) is 5.02 Å². The molecule has 1 saturated heterocycles. The number of aromatic nitrogens is 1. The second-order valence-electron chi connectivity index (χ2n) is 4.17. The van der Waals surface area contributed by atoms with Crippen molar-refractivity contribution in [2.45, 2.75) is 18.9 Å². The summed E-state index contributed by atoms with van der Waals surface area (Å²) in [6.07, 6.45) is 3.80. The van der Waals surface area contributed by atoms with E-state index in [1.807, 2.05) is 0 Å². The molecule has 88 valence electrons. The van der Waals surface area contributed by atoms with E-state index in [2.05, 4.69) is 16.9 Å². The van der Waals surface area contributed by atoms with Crippen LogP contribution in [0, 0.1) is 0 Å². The van der Waals surface area contributed by atoms with Gasteiger partial charge in [-0.1, -0.05) is 11.6 Å². The number of nitrogens with zero attached hydrogens (tertiary/aromatic N) is 2. The number of halogens is 1. The Balaban J connectivity index is 1.98. The SMILES string of the molecule is CN1CCC(Oc2ncc(Cl)cc2N)CC1. The van der Waals surface area contributed by atoms with Crippen LogP contribution in [0.15, 0.2) is 12.3 Å². The van der Waals surface area contributed by atoms with Crippen LogP contribution in [-0.4, -0.2) is 36.1 Å². The van der Waals surface area contributed by atoms with E-state index >= 15 is 0 Å². The molecular formula is C11H16ClN3O. The number of anilines is 1. The van der Waals surface area contributed by atoms with E-state index in [0.717, 1.165) is 25.9 Å². The quantitative estimate of drug-likeness (QED) is 0.858. The minimum Gasteiger partial charge on any atom is -0.473 e. The van der Waals surface area contributed by atoms with Crippen LogP contribution in [0.3, 0.4) is 0 Å². The molecule has 16 heavy (non-hydrogen) atoms. The molecule has 1 aromatic rings. The van der Waals surface area contributed by atoms with Gasteiger partial charge in [-0.3, -0.25) is 0 Å². The number of nitrogens with two attached hydrogens (primary N) is 1. The lowest BCUT2D eigenvalue weighted by molar-refractivity contribution is 0.111. The zero-order valence-corrected chi connectivity index (χ0v) is 10.1. The van der Waals surface area contributed by atoms with Gasteiger partial charge in [-0.05, 0) is 26.0 Å². The number of hydrogen-bond donors (Lipinski definition) is 1. The molecule has 2 N–H and O–H groups in total. The molecule has 2 rings (SSSR count). The number of pyridine rings is 1. The molecule has 1 aliphatic rings. The van der Waals surface area contributed by atoms with Gasteiger partial charge in [0.25, 0.3) is 0 Å². The van der Waals surface area contributed by atoms with E-state index in [-0.39, 0.29) is 6.10 Å². The first-order valence-electron chi connectivity index (χ1n) is 5.41. The summed E-state index contributed by atoms with van der Waals surface area (Å²) >= 11 is 5.77. The molecular weight excluding hydrogens is 226 g/mol. The van der Waals surface area contributed by atoms with Crippen molar-refractivity contribution < 1.29 is 4.74 Å². The largest absolute Gasteiger partial charge is 0.473 e. The number of likely N-dealkylation sites (tertiary alicyclic amines) is 1. The number of piperidine rings is 1. The highest BCUT2D eigenvalue weighted by Crippen LogP contribution is 2.24. The Labute approximate surface area is 100 Å². The van der Waals surface area contributed by atoms with Crippen molar-refractivity contribution in [1.29, 1.82) is 0 Å². The normalized spacial score (nSPS) is 18.6. The average molecular weight is 242 g/mol. The first-order chi connectivity index (χ1) is 7.65. The van der Waals surface area contributed by atoms with Gasteiger partial charge in [0.05, 0.1) is 10.7 Å². The average Bonchev–Trinajstić information content (AvgIpc) is 2.25. The van der Waals surface area contributed by atoms with Crippen molar-refractivity contribution in [3.63, 3.8) is 0 Å². The van der Waals surface area contributed by atoms with E-state index < -0.39 is 0 Å². The second kappa shape index (κ2) is 4.89. The van der Waals surface area contributed by atoms with Crippen molar-refractivity contribution >= 4 is 17.3 Å². The molecule has 1 aliphatic heterocycles. The first-order valence-corrected chi connectivity index (χ1v) is 5.79. The maximum absolute atomic E-state index is 5.78. The van der Waals surface area contributed by atoms with Gasteiger partial charge in [0.15, 0.2) is 0 Å². The lowest BCUT2D eigenvalue weighted by Crippen LogP contribution is -2.35. The molecule has 0 saturated carbocycles. The molecule has 0 spiro atoms. The Morgan fingerprint density at radius 1 is 1.50 bits per heavy atom. The van der Waals surface area contributed by atoms with Crippen molar-refractivity contribution in [2.24, 2.45) is 0 Å². The number of nitrogen functional groups attached to an aromatic ring is 1. The summed E-state index contributed by atoms with van der Waals surface area (Å²) in [4.78, 5) is 6.39. The third-order valence-electron chi connectivity index (χ3n) is 2.79. The van der Waals surface area contributed by atoms with Crippen LogP contribution in [0.1, 0.15) is 12.8 Å². The lowest BCUT2D eigenvalue weighted by Gasteiger charge is -2.29. The van der Waals surface area contributed by atoms with Gasteiger partial charge < -0.3 is 15.4 Å². The summed E-state index contributed by atoms with van der Waals surface area (Å²) in [7, 11) is 2.12. The molecule has 0 bridgehead atoms. The topological polar surface area (TPSA) is 51.4 Å². The van der Waals surface area contributed by atoms with E-state index in [4.69, 9.17) is 22.1 Å². The van der Waals surface area contributed by atoms with Gasteiger partial charge in [0.1, 0.15) is 6.10 Å². The molecule has 0 amide bonds. The fraction of sp³-hybridized carbons (Fsp3) is 0.545. The summed E-state index contributed by atoms with van der Waals surface area (Å²) in [6, 6.07) is 1.67.